The number of benzene rings is 2. The Bertz CT molecular complexity index is 714. The van der Waals surface area contributed by atoms with Crippen LogP contribution in [0.15, 0.2) is 61.4 Å². The lowest BCUT2D eigenvalue weighted by molar-refractivity contribution is 0.514. The van der Waals surface area contributed by atoms with Crippen molar-refractivity contribution in [2.75, 3.05) is 0 Å². The first-order valence-corrected chi connectivity index (χ1v) is 5.66. The van der Waals surface area contributed by atoms with Crippen molar-refractivity contribution in [2.45, 2.75) is 0 Å². The molecule has 0 aliphatic heterocycles. The number of para-hydroxylation sites is 1. The van der Waals surface area contributed by atoms with Gasteiger partial charge in [-0.1, -0.05) is 24.8 Å². The van der Waals surface area contributed by atoms with Gasteiger partial charge in [-0.15, -0.1) is 0 Å². The summed E-state index contributed by atoms with van der Waals surface area (Å²) in [6, 6.07) is 15.6. The van der Waals surface area contributed by atoms with Crippen molar-refractivity contribution >= 4 is 16.8 Å². The normalized spacial score (nSPS) is 10.7. The van der Waals surface area contributed by atoms with Gasteiger partial charge in [0.1, 0.15) is 12.1 Å². The summed E-state index contributed by atoms with van der Waals surface area (Å²) in [6.45, 7) is 3.52. The summed E-state index contributed by atoms with van der Waals surface area (Å²) in [5.74, 6) is 0.0613. The Morgan fingerprint density at radius 2 is 1.89 bits per heavy atom. The van der Waals surface area contributed by atoms with Crippen LogP contribution in [0, 0.1) is 0 Å². The van der Waals surface area contributed by atoms with Gasteiger partial charge in [-0.2, -0.15) is 0 Å². The molecule has 1 heterocycles. The first-order valence-electron chi connectivity index (χ1n) is 5.66. The van der Waals surface area contributed by atoms with Gasteiger partial charge in [-0.25, -0.2) is 4.98 Å². The number of aromatic nitrogens is 2. The van der Waals surface area contributed by atoms with Gasteiger partial charge in [0.05, 0.1) is 11.0 Å². The third kappa shape index (κ3) is 1.66. The monoisotopic (exact) mass is 236 g/mol. The predicted molar refractivity (Wildman–Crippen MR) is 72.7 cm³/mol. The van der Waals surface area contributed by atoms with Gasteiger partial charge in [0, 0.05) is 11.3 Å². The van der Waals surface area contributed by atoms with Crippen molar-refractivity contribution in [3.05, 3.63) is 67.0 Å². The Kier molecular flexibility index (Phi) is 2.38. The largest absolute Gasteiger partial charge is 0.508 e. The highest BCUT2D eigenvalue weighted by Crippen LogP contribution is 2.21. The van der Waals surface area contributed by atoms with Crippen molar-refractivity contribution in [3.63, 3.8) is 0 Å². The summed E-state index contributed by atoms with van der Waals surface area (Å²) in [5.41, 5.74) is 3.61. The molecule has 0 spiro atoms. The second kappa shape index (κ2) is 4.04. The van der Waals surface area contributed by atoms with Crippen LogP contribution < -0.4 is 0 Å². The van der Waals surface area contributed by atoms with Crippen LogP contribution in [0.5, 0.6) is 0 Å². The average Bonchev–Trinajstić information content (AvgIpc) is 2.82. The van der Waals surface area contributed by atoms with Crippen LogP contribution >= 0.6 is 0 Å². The van der Waals surface area contributed by atoms with E-state index in [2.05, 4.69) is 11.6 Å². The molecule has 2 aromatic carbocycles. The van der Waals surface area contributed by atoms with Crippen molar-refractivity contribution in [3.8, 4) is 5.69 Å². The quantitative estimate of drug-likeness (QED) is 0.691. The summed E-state index contributed by atoms with van der Waals surface area (Å²) in [6.07, 6.45) is 1.78. The highest BCUT2D eigenvalue weighted by atomic mass is 16.3. The molecule has 0 bridgehead atoms. The van der Waals surface area contributed by atoms with Gasteiger partial charge in [-0.3, -0.25) is 4.57 Å². The fourth-order valence-electron chi connectivity index (χ4n) is 1.99. The number of hydrogen-bond donors (Lipinski definition) is 1. The maximum absolute atomic E-state index is 9.38. The summed E-state index contributed by atoms with van der Waals surface area (Å²) in [7, 11) is 0. The van der Waals surface area contributed by atoms with Crippen LogP contribution in [0.1, 0.15) is 5.56 Å². The number of imidazole rings is 1. The van der Waals surface area contributed by atoms with Crippen LogP contribution in [0.3, 0.4) is 0 Å². The smallest absolute Gasteiger partial charge is 0.115 e. The SMILES string of the molecule is C=C(O)c1ccc2c(c1)ncn2-c1ccccc1. The minimum absolute atomic E-state index is 0.0613. The van der Waals surface area contributed by atoms with E-state index in [1.165, 1.54) is 0 Å². The first-order chi connectivity index (χ1) is 8.75. The second-order valence-corrected chi connectivity index (χ2v) is 4.10. The van der Waals surface area contributed by atoms with E-state index in [4.69, 9.17) is 0 Å². The van der Waals surface area contributed by atoms with Gasteiger partial charge in [0.15, 0.2) is 0 Å². The molecule has 0 aliphatic carbocycles. The van der Waals surface area contributed by atoms with Gasteiger partial charge >= 0.3 is 0 Å². The lowest BCUT2D eigenvalue weighted by Gasteiger charge is -2.04. The van der Waals surface area contributed by atoms with Gasteiger partial charge < -0.3 is 5.11 Å². The molecule has 0 atom stereocenters. The Labute approximate surface area is 105 Å². The zero-order chi connectivity index (χ0) is 12.5. The molecule has 3 nitrogen and oxygen atoms in total. The summed E-state index contributed by atoms with van der Waals surface area (Å²) < 4.78 is 2.01. The molecule has 0 radical (unpaired) electrons. The fourth-order valence-corrected chi connectivity index (χ4v) is 1.99. The minimum Gasteiger partial charge on any atom is -0.508 e. The molecule has 1 aromatic heterocycles. The third-order valence-electron chi connectivity index (χ3n) is 2.91. The maximum atomic E-state index is 9.38. The topological polar surface area (TPSA) is 38.1 Å². The van der Waals surface area contributed by atoms with Gasteiger partial charge in [0.25, 0.3) is 0 Å². The number of aliphatic hydroxyl groups is 1. The van der Waals surface area contributed by atoms with Gasteiger partial charge in [-0.05, 0) is 30.3 Å². The first kappa shape index (κ1) is 10.6. The summed E-state index contributed by atoms with van der Waals surface area (Å²) in [5, 5.41) is 9.38. The van der Waals surface area contributed by atoms with E-state index < -0.39 is 0 Å². The number of fused-ring (bicyclic) bond motifs is 1. The van der Waals surface area contributed by atoms with E-state index in [9.17, 15) is 5.11 Å². The predicted octanol–water partition coefficient (Wildman–Crippen LogP) is 3.55. The number of nitrogens with zero attached hydrogens (tertiary/aromatic N) is 2. The molecule has 0 saturated heterocycles. The second-order valence-electron chi connectivity index (χ2n) is 4.10. The number of rotatable bonds is 2. The summed E-state index contributed by atoms with van der Waals surface area (Å²) in [4.78, 5) is 4.35. The van der Waals surface area contributed by atoms with E-state index in [1.807, 2.05) is 53.1 Å². The van der Waals surface area contributed by atoms with E-state index >= 15 is 0 Å². The lowest BCUT2D eigenvalue weighted by Crippen LogP contribution is -1.91. The van der Waals surface area contributed by atoms with Crippen molar-refractivity contribution in [1.29, 1.82) is 0 Å². The van der Waals surface area contributed by atoms with Crippen LogP contribution in [-0.2, 0) is 0 Å². The van der Waals surface area contributed by atoms with E-state index in [1.54, 1.807) is 6.33 Å². The van der Waals surface area contributed by atoms with Crippen molar-refractivity contribution < 1.29 is 5.11 Å². The molecular formula is C15H12N2O. The summed E-state index contributed by atoms with van der Waals surface area (Å²) >= 11 is 0. The molecule has 3 heteroatoms. The Morgan fingerprint density at radius 3 is 2.61 bits per heavy atom. The molecule has 0 amide bonds. The zero-order valence-electron chi connectivity index (χ0n) is 9.74. The van der Waals surface area contributed by atoms with Crippen LogP contribution in [-0.4, -0.2) is 14.7 Å². The average molecular weight is 236 g/mol. The molecule has 1 N–H and O–H groups in total. The molecule has 0 saturated carbocycles. The molecule has 18 heavy (non-hydrogen) atoms. The Balaban J connectivity index is 2.19. The molecule has 3 rings (SSSR count). The van der Waals surface area contributed by atoms with Crippen LogP contribution in [0.25, 0.3) is 22.5 Å². The lowest BCUT2D eigenvalue weighted by atomic mass is 10.2. The highest BCUT2D eigenvalue weighted by Gasteiger charge is 2.06. The van der Waals surface area contributed by atoms with Gasteiger partial charge in [0.2, 0.25) is 0 Å². The molecule has 0 fully saturated rings. The molecule has 0 unspecified atom stereocenters. The minimum atomic E-state index is 0.0613. The molecule has 3 aromatic rings. The molecular weight excluding hydrogens is 224 g/mol. The number of hydrogen-bond acceptors (Lipinski definition) is 2. The van der Waals surface area contributed by atoms with E-state index in [0.717, 1.165) is 16.7 Å². The zero-order valence-corrected chi connectivity index (χ0v) is 9.74. The fraction of sp³-hybridized carbons (Fsp3) is 0. The third-order valence-corrected chi connectivity index (χ3v) is 2.91. The van der Waals surface area contributed by atoms with Crippen LogP contribution in [0.4, 0.5) is 0 Å². The number of aliphatic hydroxyl groups excluding tert-OH is 1. The van der Waals surface area contributed by atoms with Crippen molar-refractivity contribution in [2.24, 2.45) is 0 Å². The Hall–Kier alpha value is -2.55. The highest BCUT2D eigenvalue weighted by molar-refractivity contribution is 5.81. The van der Waals surface area contributed by atoms with E-state index in [-0.39, 0.29) is 5.76 Å². The maximum Gasteiger partial charge on any atom is 0.115 e. The molecule has 0 aliphatic rings. The standard InChI is InChI=1S/C15H12N2O/c1-11(18)12-7-8-15-14(9-12)16-10-17(15)13-5-3-2-4-6-13/h2-10,18H,1H2. The Morgan fingerprint density at radius 1 is 1.11 bits per heavy atom. The molecule has 88 valence electrons. The van der Waals surface area contributed by atoms with Crippen LogP contribution in [0.2, 0.25) is 0 Å². The van der Waals surface area contributed by atoms with E-state index in [0.29, 0.717) is 5.56 Å². The van der Waals surface area contributed by atoms with Crippen molar-refractivity contribution in [1.82, 2.24) is 9.55 Å².